The maximum Gasteiger partial charge on any atom is 0.129 e. The van der Waals surface area contributed by atoms with Gasteiger partial charge in [0.05, 0.1) is 6.04 Å². The molecule has 0 bridgehead atoms. The van der Waals surface area contributed by atoms with Crippen LogP contribution in [0.4, 0.5) is 8.78 Å². The molecule has 0 amide bonds. The highest BCUT2D eigenvalue weighted by atomic mass is 79.9. The van der Waals surface area contributed by atoms with E-state index in [2.05, 4.69) is 20.9 Å². The minimum Gasteiger partial charge on any atom is -0.386 e. The van der Waals surface area contributed by atoms with Crippen molar-refractivity contribution in [3.05, 3.63) is 63.9 Å². The molecule has 2 rings (SSSR count). The average molecular weight is 329 g/mol. The maximum atomic E-state index is 13.6. The molecule has 0 aliphatic heterocycles. The zero-order valence-electron chi connectivity index (χ0n) is 9.72. The molecule has 2 atom stereocenters. The summed E-state index contributed by atoms with van der Waals surface area (Å²) in [6.45, 7) is 0. The minimum atomic E-state index is -1.35. The zero-order valence-corrected chi connectivity index (χ0v) is 11.3. The van der Waals surface area contributed by atoms with Gasteiger partial charge in [-0.3, -0.25) is 4.98 Å². The number of halogens is 3. The Bertz CT molecular complexity index is 595. The van der Waals surface area contributed by atoms with Crippen LogP contribution >= 0.6 is 15.9 Å². The second-order valence-electron chi connectivity index (χ2n) is 4.07. The zero-order chi connectivity index (χ0) is 14.0. The van der Waals surface area contributed by atoms with Gasteiger partial charge in [0.25, 0.3) is 0 Å². The molecule has 0 fully saturated rings. The number of aromatic nitrogens is 1. The molecule has 19 heavy (non-hydrogen) atoms. The van der Waals surface area contributed by atoms with E-state index in [4.69, 9.17) is 5.73 Å². The topological polar surface area (TPSA) is 59.1 Å². The largest absolute Gasteiger partial charge is 0.386 e. The van der Waals surface area contributed by atoms with Crippen LogP contribution < -0.4 is 5.73 Å². The molecule has 0 saturated carbocycles. The normalized spacial score (nSPS) is 14.2. The molecular weight excluding hydrogens is 318 g/mol. The number of benzene rings is 1. The number of hydrogen-bond acceptors (Lipinski definition) is 3. The van der Waals surface area contributed by atoms with E-state index in [1.165, 1.54) is 6.20 Å². The first-order valence-electron chi connectivity index (χ1n) is 5.48. The van der Waals surface area contributed by atoms with Crippen LogP contribution in [0, 0.1) is 11.6 Å². The van der Waals surface area contributed by atoms with Crippen molar-refractivity contribution >= 4 is 15.9 Å². The van der Waals surface area contributed by atoms with Gasteiger partial charge in [0.2, 0.25) is 0 Å². The summed E-state index contributed by atoms with van der Waals surface area (Å²) in [6, 6.07) is 3.64. The van der Waals surface area contributed by atoms with E-state index in [0.717, 1.165) is 18.2 Å². The number of aliphatic hydroxyl groups is 1. The van der Waals surface area contributed by atoms with Crippen LogP contribution in [0.25, 0.3) is 0 Å². The molecule has 0 aliphatic carbocycles. The fourth-order valence-electron chi connectivity index (χ4n) is 1.73. The van der Waals surface area contributed by atoms with Gasteiger partial charge < -0.3 is 10.8 Å². The van der Waals surface area contributed by atoms with E-state index in [0.29, 0.717) is 10.0 Å². The molecule has 0 radical (unpaired) electrons. The lowest BCUT2D eigenvalue weighted by Gasteiger charge is -2.20. The van der Waals surface area contributed by atoms with Gasteiger partial charge in [-0.15, -0.1) is 0 Å². The SMILES string of the molecule is N[C@H](c1cncc(Br)c1)[C@H](O)c1cc(F)ccc1F. The van der Waals surface area contributed by atoms with Crippen LogP contribution in [0.15, 0.2) is 41.1 Å². The molecule has 6 heteroatoms. The van der Waals surface area contributed by atoms with Crippen molar-refractivity contribution in [2.45, 2.75) is 12.1 Å². The Kier molecular flexibility index (Phi) is 4.24. The quantitative estimate of drug-likeness (QED) is 0.910. The molecule has 1 heterocycles. The van der Waals surface area contributed by atoms with Gasteiger partial charge in [0.1, 0.15) is 17.7 Å². The lowest BCUT2D eigenvalue weighted by atomic mass is 9.97. The Morgan fingerprint density at radius 1 is 1.21 bits per heavy atom. The van der Waals surface area contributed by atoms with Crippen LogP contribution in [0.1, 0.15) is 23.3 Å². The van der Waals surface area contributed by atoms with Crippen molar-refractivity contribution in [1.82, 2.24) is 4.98 Å². The molecule has 100 valence electrons. The predicted molar refractivity (Wildman–Crippen MR) is 70.2 cm³/mol. The number of hydrogen-bond donors (Lipinski definition) is 2. The third kappa shape index (κ3) is 3.15. The van der Waals surface area contributed by atoms with E-state index in [1.54, 1.807) is 12.3 Å². The van der Waals surface area contributed by atoms with Crippen LogP contribution in [0.2, 0.25) is 0 Å². The van der Waals surface area contributed by atoms with Crippen LogP contribution in [-0.4, -0.2) is 10.1 Å². The van der Waals surface area contributed by atoms with Gasteiger partial charge in [0.15, 0.2) is 0 Å². The van der Waals surface area contributed by atoms with Crippen molar-refractivity contribution < 1.29 is 13.9 Å². The Hall–Kier alpha value is -1.37. The molecule has 3 N–H and O–H groups in total. The molecule has 3 nitrogen and oxygen atoms in total. The number of rotatable bonds is 3. The van der Waals surface area contributed by atoms with Gasteiger partial charge in [-0.05, 0) is 45.8 Å². The summed E-state index contributed by atoms with van der Waals surface area (Å²) in [5, 5.41) is 10.1. The van der Waals surface area contributed by atoms with E-state index >= 15 is 0 Å². The Balaban J connectivity index is 2.33. The van der Waals surface area contributed by atoms with Gasteiger partial charge in [0, 0.05) is 22.4 Å². The van der Waals surface area contributed by atoms with Crippen molar-refractivity contribution in [2.24, 2.45) is 5.73 Å². The van der Waals surface area contributed by atoms with Crippen molar-refractivity contribution in [3.8, 4) is 0 Å². The van der Waals surface area contributed by atoms with Crippen LogP contribution in [-0.2, 0) is 0 Å². The van der Waals surface area contributed by atoms with Crippen LogP contribution in [0.3, 0.4) is 0 Å². The third-order valence-corrected chi connectivity index (χ3v) is 3.16. The molecule has 0 aliphatic rings. The Labute approximate surface area is 117 Å². The first kappa shape index (κ1) is 14.0. The molecule has 1 aromatic heterocycles. The summed E-state index contributed by atoms with van der Waals surface area (Å²) < 4.78 is 27.4. The van der Waals surface area contributed by atoms with Gasteiger partial charge in [-0.2, -0.15) is 0 Å². The standard InChI is InChI=1S/C13H11BrF2N2O/c14-8-3-7(5-18-6-8)12(17)13(19)10-4-9(15)1-2-11(10)16/h1-6,12-13,19H,17H2/t12-,13-/m1/s1. The number of nitrogens with zero attached hydrogens (tertiary/aromatic N) is 1. The fraction of sp³-hybridized carbons (Fsp3) is 0.154. The summed E-state index contributed by atoms with van der Waals surface area (Å²) in [7, 11) is 0. The number of nitrogens with two attached hydrogens (primary N) is 1. The molecular formula is C13H11BrF2N2O. The van der Waals surface area contributed by atoms with E-state index in [-0.39, 0.29) is 5.56 Å². The summed E-state index contributed by atoms with van der Waals surface area (Å²) >= 11 is 3.23. The highest BCUT2D eigenvalue weighted by Crippen LogP contribution is 2.29. The molecule has 0 spiro atoms. The second kappa shape index (κ2) is 5.73. The average Bonchev–Trinajstić information content (AvgIpc) is 2.40. The van der Waals surface area contributed by atoms with Gasteiger partial charge in [-0.1, -0.05) is 0 Å². The summed E-state index contributed by atoms with van der Waals surface area (Å²) in [5.41, 5.74) is 6.20. The highest BCUT2D eigenvalue weighted by molar-refractivity contribution is 9.10. The molecule has 0 unspecified atom stereocenters. The van der Waals surface area contributed by atoms with E-state index in [9.17, 15) is 13.9 Å². The smallest absolute Gasteiger partial charge is 0.129 e. The Morgan fingerprint density at radius 2 is 1.95 bits per heavy atom. The van der Waals surface area contributed by atoms with Gasteiger partial charge >= 0.3 is 0 Å². The summed E-state index contributed by atoms with van der Waals surface area (Å²) in [4.78, 5) is 3.92. The minimum absolute atomic E-state index is 0.174. The molecule has 2 aromatic rings. The highest BCUT2D eigenvalue weighted by Gasteiger charge is 2.22. The van der Waals surface area contributed by atoms with Crippen molar-refractivity contribution in [3.63, 3.8) is 0 Å². The predicted octanol–water partition coefficient (Wildman–Crippen LogP) is 2.86. The Morgan fingerprint density at radius 3 is 2.63 bits per heavy atom. The monoisotopic (exact) mass is 328 g/mol. The third-order valence-electron chi connectivity index (χ3n) is 2.73. The van der Waals surface area contributed by atoms with Crippen molar-refractivity contribution in [1.29, 1.82) is 0 Å². The number of pyridine rings is 1. The summed E-state index contributed by atoms with van der Waals surface area (Å²) in [6.07, 6.45) is 1.67. The first-order valence-corrected chi connectivity index (χ1v) is 6.27. The van der Waals surface area contributed by atoms with Crippen molar-refractivity contribution in [2.75, 3.05) is 0 Å². The second-order valence-corrected chi connectivity index (χ2v) is 4.99. The van der Waals surface area contributed by atoms with E-state index < -0.39 is 23.8 Å². The van der Waals surface area contributed by atoms with E-state index in [1.807, 2.05) is 0 Å². The fourth-order valence-corrected chi connectivity index (χ4v) is 2.11. The lowest BCUT2D eigenvalue weighted by Crippen LogP contribution is -2.20. The molecule has 0 saturated heterocycles. The lowest BCUT2D eigenvalue weighted by molar-refractivity contribution is 0.142. The number of aliphatic hydroxyl groups excluding tert-OH is 1. The van der Waals surface area contributed by atoms with Gasteiger partial charge in [-0.25, -0.2) is 8.78 Å². The maximum absolute atomic E-state index is 13.6. The molecule has 1 aromatic carbocycles. The van der Waals surface area contributed by atoms with Crippen LogP contribution in [0.5, 0.6) is 0 Å². The summed E-state index contributed by atoms with van der Waals surface area (Å²) in [5.74, 6) is -1.33. The first-order chi connectivity index (χ1) is 8.99.